The van der Waals surface area contributed by atoms with Crippen molar-refractivity contribution < 1.29 is 4.79 Å². The zero-order valence-corrected chi connectivity index (χ0v) is 15.8. The van der Waals surface area contributed by atoms with E-state index in [2.05, 4.69) is 46.0 Å². The van der Waals surface area contributed by atoms with Gasteiger partial charge in [0.2, 0.25) is 0 Å². The van der Waals surface area contributed by atoms with Gasteiger partial charge in [-0.3, -0.25) is 4.79 Å². The Hall–Kier alpha value is -2.59. The van der Waals surface area contributed by atoms with Gasteiger partial charge >= 0.3 is 0 Å². The SMILES string of the molecule is CC(CCN(C)C)NC(=O)c1cc2ccccc2n1Cc1ccccc1. The van der Waals surface area contributed by atoms with E-state index in [4.69, 9.17) is 0 Å². The molecule has 4 nitrogen and oxygen atoms in total. The highest BCUT2D eigenvalue weighted by Crippen LogP contribution is 2.21. The molecule has 4 heteroatoms. The maximum Gasteiger partial charge on any atom is 0.268 e. The lowest BCUT2D eigenvalue weighted by molar-refractivity contribution is 0.0928. The number of hydrogen-bond donors (Lipinski definition) is 1. The predicted octanol–water partition coefficient (Wildman–Crippen LogP) is 3.76. The van der Waals surface area contributed by atoms with E-state index >= 15 is 0 Å². The van der Waals surface area contributed by atoms with Gasteiger partial charge in [0.15, 0.2) is 0 Å². The molecule has 1 unspecified atom stereocenters. The average molecular weight is 349 g/mol. The third-order valence-electron chi connectivity index (χ3n) is 4.61. The van der Waals surface area contributed by atoms with E-state index in [-0.39, 0.29) is 11.9 Å². The van der Waals surface area contributed by atoms with E-state index in [9.17, 15) is 4.79 Å². The first-order valence-corrected chi connectivity index (χ1v) is 9.12. The summed E-state index contributed by atoms with van der Waals surface area (Å²) in [4.78, 5) is 15.1. The highest BCUT2D eigenvalue weighted by molar-refractivity contribution is 5.99. The molecule has 0 spiro atoms. The number of fused-ring (bicyclic) bond motifs is 1. The Labute approximate surface area is 155 Å². The third-order valence-corrected chi connectivity index (χ3v) is 4.61. The lowest BCUT2D eigenvalue weighted by Gasteiger charge is -2.18. The molecule has 0 bridgehead atoms. The van der Waals surface area contributed by atoms with E-state index in [0.717, 1.165) is 23.9 Å². The number of nitrogens with one attached hydrogen (secondary N) is 1. The van der Waals surface area contributed by atoms with Gasteiger partial charge in [0.05, 0.1) is 0 Å². The van der Waals surface area contributed by atoms with Gasteiger partial charge in [-0.2, -0.15) is 0 Å². The monoisotopic (exact) mass is 349 g/mol. The number of para-hydroxylation sites is 1. The second-order valence-corrected chi connectivity index (χ2v) is 7.13. The van der Waals surface area contributed by atoms with E-state index in [0.29, 0.717) is 12.2 Å². The van der Waals surface area contributed by atoms with Gasteiger partial charge in [0.25, 0.3) is 5.91 Å². The lowest BCUT2D eigenvalue weighted by Crippen LogP contribution is -2.35. The Kier molecular flexibility index (Phi) is 5.74. The fourth-order valence-corrected chi connectivity index (χ4v) is 3.16. The van der Waals surface area contributed by atoms with Gasteiger partial charge in [-0.15, -0.1) is 0 Å². The molecule has 0 aliphatic rings. The molecule has 136 valence electrons. The van der Waals surface area contributed by atoms with Gasteiger partial charge in [0.1, 0.15) is 5.69 Å². The van der Waals surface area contributed by atoms with Crippen LogP contribution < -0.4 is 5.32 Å². The third kappa shape index (κ3) is 4.33. The Balaban J connectivity index is 1.87. The Morgan fingerprint density at radius 2 is 1.77 bits per heavy atom. The van der Waals surface area contributed by atoms with Gasteiger partial charge in [-0.05, 0) is 51.7 Å². The van der Waals surface area contributed by atoms with Crippen LogP contribution in [0.1, 0.15) is 29.4 Å². The van der Waals surface area contributed by atoms with Crippen molar-refractivity contribution in [1.82, 2.24) is 14.8 Å². The van der Waals surface area contributed by atoms with Gasteiger partial charge < -0.3 is 14.8 Å². The average Bonchev–Trinajstić information content (AvgIpc) is 3.00. The van der Waals surface area contributed by atoms with Crippen LogP contribution >= 0.6 is 0 Å². The normalized spacial score (nSPS) is 12.5. The van der Waals surface area contributed by atoms with Crippen molar-refractivity contribution in [1.29, 1.82) is 0 Å². The molecule has 0 fully saturated rings. The van der Waals surface area contributed by atoms with Crippen molar-refractivity contribution in [3.8, 4) is 0 Å². The van der Waals surface area contributed by atoms with Crippen molar-refractivity contribution in [3.63, 3.8) is 0 Å². The molecule has 26 heavy (non-hydrogen) atoms. The van der Waals surface area contributed by atoms with E-state index in [1.54, 1.807) is 0 Å². The molecule has 0 radical (unpaired) electrons. The molecule has 2 aromatic carbocycles. The molecule has 3 rings (SSSR count). The van der Waals surface area contributed by atoms with Crippen molar-refractivity contribution >= 4 is 16.8 Å². The molecule has 1 N–H and O–H groups in total. The van der Waals surface area contributed by atoms with Crippen molar-refractivity contribution in [2.24, 2.45) is 0 Å². The fourth-order valence-electron chi connectivity index (χ4n) is 3.16. The molecule has 0 aliphatic carbocycles. The fraction of sp³-hybridized carbons (Fsp3) is 0.318. The maximum absolute atomic E-state index is 12.9. The molecule has 1 aromatic heterocycles. The lowest BCUT2D eigenvalue weighted by atomic mass is 10.2. The number of hydrogen-bond acceptors (Lipinski definition) is 2. The first-order chi connectivity index (χ1) is 12.5. The quantitative estimate of drug-likeness (QED) is 0.705. The number of carbonyl (C=O) groups is 1. The van der Waals surface area contributed by atoms with E-state index < -0.39 is 0 Å². The largest absolute Gasteiger partial charge is 0.348 e. The van der Waals surface area contributed by atoms with Gasteiger partial charge in [-0.1, -0.05) is 48.5 Å². The Morgan fingerprint density at radius 3 is 2.50 bits per heavy atom. The molecule has 3 aromatic rings. The summed E-state index contributed by atoms with van der Waals surface area (Å²) in [6.07, 6.45) is 0.928. The van der Waals surface area contributed by atoms with Crippen LogP contribution in [0.2, 0.25) is 0 Å². The molecule has 1 amide bonds. The summed E-state index contributed by atoms with van der Waals surface area (Å²) in [6, 6.07) is 20.5. The van der Waals surface area contributed by atoms with Crippen LogP contribution in [0.4, 0.5) is 0 Å². The van der Waals surface area contributed by atoms with Crippen molar-refractivity contribution in [2.45, 2.75) is 25.9 Å². The number of nitrogens with zero attached hydrogens (tertiary/aromatic N) is 2. The minimum absolute atomic E-state index is 0.0108. The Bertz CT molecular complexity index is 867. The van der Waals surface area contributed by atoms with E-state index in [1.165, 1.54) is 5.56 Å². The summed E-state index contributed by atoms with van der Waals surface area (Å²) >= 11 is 0. The smallest absolute Gasteiger partial charge is 0.268 e. The van der Waals surface area contributed by atoms with E-state index in [1.807, 2.05) is 50.5 Å². The minimum atomic E-state index is -0.0108. The highest BCUT2D eigenvalue weighted by Gasteiger charge is 2.17. The molecular weight excluding hydrogens is 322 g/mol. The summed E-state index contributed by atoms with van der Waals surface area (Å²) in [7, 11) is 4.10. The second kappa shape index (κ2) is 8.19. The van der Waals surface area contributed by atoms with Crippen molar-refractivity contribution in [2.75, 3.05) is 20.6 Å². The van der Waals surface area contributed by atoms with Crippen LogP contribution in [-0.4, -0.2) is 42.1 Å². The van der Waals surface area contributed by atoms with Crippen LogP contribution in [-0.2, 0) is 6.54 Å². The summed E-state index contributed by atoms with van der Waals surface area (Å²) in [5.74, 6) is -0.0108. The molecule has 1 atom stereocenters. The number of rotatable bonds is 7. The highest BCUT2D eigenvalue weighted by atomic mass is 16.2. The Morgan fingerprint density at radius 1 is 1.08 bits per heavy atom. The van der Waals surface area contributed by atoms with Crippen LogP contribution in [0.25, 0.3) is 10.9 Å². The van der Waals surface area contributed by atoms with Crippen LogP contribution in [0.3, 0.4) is 0 Å². The topological polar surface area (TPSA) is 37.3 Å². The van der Waals surface area contributed by atoms with Crippen molar-refractivity contribution in [3.05, 3.63) is 71.9 Å². The standard InChI is InChI=1S/C22H27N3O/c1-17(13-14-24(2)3)23-22(26)21-15-19-11-7-8-12-20(19)25(21)16-18-9-5-4-6-10-18/h4-12,15,17H,13-14,16H2,1-3H3,(H,23,26). The zero-order chi connectivity index (χ0) is 18.5. The number of amides is 1. The zero-order valence-electron chi connectivity index (χ0n) is 15.8. The molecule has 0 saturated carbocycles. The number of aromatic nitrogens is 1. The summed E-state index contributed by atoms with van der Waals surface area (Å²) in [5, 5.41) is 4.24. The van der Waals surface area contributed by atoms with Crippen LogP contribution in [0, 0.1) is 0 Å². The van der Waals surface area contributed by atoms with Crippen LogP contribution in [0.5, 0.6) is 0 Å². The second-order valence-electron chi connectivity index (χ2n) is 7.13. The summed E-state index contributed by atoms with van der Waals surface area (Å²) in [6.45, 7) is 3.70. The predicted molar refractivity (Wildman–Crippen MR) is 108 cm³/mol. The maximum atomic E-state index is 12.9. The summed E-state index contributed by atoms with van der Waals surface area (Å²) < 4.78 is 2.11. The summed E-state index contributed by atoms with van der Waals surface area (Å²) in [5.41, 5.74) is 2.98. The first kappa shape index (κ1) is 18.2. The van der Waals surface area contributed by atoms with Gasteiger partial charge in [-0.25, -0.2) is 0 Å². The minimum Gasteiger partial charge on any atom is -0.348 e. The molecular formula is C22H27N3O. The van der Waals surface area contributed by atoms with Crippen LogP contribution in [0.15, 0.2) is 60.7 Å². The molecule has 0 aliphatic heterocycles. The number of benzene rings is 2. The first-order valence-electron chi connectivity index (χ1n) is 9.12. The number of carbonyl (C=O) groups excluding carboxylic acids is 1. The molecule has 1 heterocycles. The molecule has 0 saturated heterocycles. The van der Waals surface area contributed by atoms with Gasteiger partial charge in [0, 0.05) is 23.5 Å².